The zero-order valence-electron chi connectivity index (χ0n) is 12.2. The van der Waals surface area contributed by atoms with Crippen LogP contribution in [0.1, 0.15) is 0 Å². The van der Waals surface area contributed by atoms with Crippen LogP contribution < -0.4 is 15.4 Å². The molecular weight excluding hydrogens is 254 g/mol. The van der Waals surface area contributed by atoms with Gasteiger partial charge >= 0.3 is 0 Å². The topological polar surface area (TPSA) is 60.6 Å². The Morgan fingerprint density at radius 3 is 2.80 bits per heavy atom. The Kier molecular flexibility index (Phi) is 4.76. The van der Waals surface area contributed by atoms with Gasteiger partial charge in [-0.25, -0.2) is 4.98 Å². The number of likely N-dealkylation sites (N-methyl/N-ethyl adjacent to an activating group) is 1. The summed E-state index contributed by atoms with van der Waals surface area (Å²) < 4.78 is 10.3. The molecule has 2 aromatic rings. The highest BCUT2D eigenvalue weighted by Gasteiger charge is 2.11. The van der Waals surface area contributed by atoms with E-state index < -0.39 is 0 Å². The van der Waals surface area contributed by atoms with Crippen molar-refractivity contribution in [2.75, 3.05) is 39.3 Å². The largest absolute Gasteiger partial charge is 0.497 e. The fourth-order valence-electron chi connectivity index (χ4n) is 2.28. The summed E-state index contributed by atoms with van der Waals surface area (Å²) in [5, 5.41) is 2.18. The summed E-state index contributed by atoms with van der Waals surface area (Å²) in [7, 11) is 5.31. The molecule has 0 spiro atoms. The van der Waals surface area contributed by atoms with Crippen molar-refractivity contribution in [1.29, 1.82) is 0 Å². The van der Waals surface area contributed by atoms with Gasteiger partial charge in [0.15, 0.2) is 0 Å². The molecule has 5 heteroatoms. The molecule has 5 nitrogen and oxygen atoms in total. The molecule has 2 N–H and O–H groups in total. The van der Waals surface area contributed by atoms with E-state index in [0.717, 1.165) is 22.3 Å². The van der Waals surface area contributed by atoms with Crippen LogP contribution in [-0.2, 0) is 4.74 Å². The predicted octanol–water partition coefficient (Wildman–Crippen LogP) is 1.65. The minimum absolute atomic E-state index is 0.0414. The first-order valence-electron chi connectivity index (χ1n) is 6.54. The van der Waals surface area contributed by atoms with Gasteiger partial charge in [-0.3, -0.25) is 0 Å². The molecule has 0 amide bonds. The number of fused-ring (bicyclic) bond motifs is 1. The van der Waals surface area contributed by atoms with Gasteiger partial charge in [0.05, 0.1) is 13.7 Å². The normalized spacial score (nSPS) is 12.4. The van der Waals surface area contributed by atoms with Crippen molar-refractivity contribution in [2.24, 2.45) is 5.73 Å². The SMILES string of the molecule is COCC(N)CN(C)c1nccc2cc(OC)ccc12. The molecule has 0 saturated heterocycles. The Morgan fingerprint density at radius 1 is 1.30 bits per heavy atom. The molecule has 0 fully saturated rings. The molecule has 1 heterocycles. The second-order valence-electron chi connectivity index (χ2n) is 4.82. The van der Waals surface area contributed by atoms with Gasteiger partial charge in [0.1, 0.15) is 11.6 Å². The Bertz CT molecular complexity index is 574. The van der Waals surface area contributed by atoms with E-state index in [9.17, 15) is 0 Å². The lowest BCUT2D eigenvalue weighted by atomic mass is 10.1. The van der Waals surface area contributed by atoms with Crippen molar-refractivity contribution >= 4 is 16.6 Å². The summed E-state index contributed by atoms with van der Waals surface area (Å²) in [6.45, 7) is 1.22. The molecule has 0 bridgehead atoms. The molecule has 0 radical (unpaired) electrons. The minimum atomic E-state index is -0.0414. The van der Waals surface area contributed by atoms with E-state index in [1.807, 2.05) is 31.3 Å². The van der Waals surface area contributed by atoms with Crippen molar-refractivity contribution < 1.29 is 9.47 Å². The molecule has 108 valence electrons. The minimum Gasteiger partial charge on any atom is -0.497 e. The summed E-state index contributed by atoms with van der Waals surface area (Å²) in [6, 6.07) is 7.90. The monoisotopic (exact) mass is 275 g/mol. The van der Waals surface area contributed by atoms with Crippen molar-refractivity contribution in [3.8, 4) is 5.75 Å². The number of pyridine rings is 1. The van der Waals surface area contributed by atoms with Gasteiger partial charge in [0.25, 0.3) is 0 Å². The fraction of sp³-hybridized carbons (Fsp3) is 0.400. The van der Waals surface area contributed by atoms with Crippen molar-refractivity contribution in [3.05, 3.63) is 30.5 Å². The number of methoxy groups -OCH3 is 2. The van der Waals surface area contributed by atoms with Crippen LogP contribution >= 0.6 is 0 Å². The quantitative estimate of drug-likeness (QED) is 0.868. The maximum Gasteiger partial charge on any atom is 0.136 e. The Balaban J connectivity index is 2.29. The number of anilines is 1. The number of rotatable bonds is 6. The predicted molar refractivity (Wildman–Crippen MR) is 81.4 cm³/mol. The van der Waals surface area contributed by atoms with Crippen LogP contribution in [0.5, 0.6) is 5.75 Å². The molecule has 20 heavy (non-hydrogen) atoms. The van der Waals surface area contributed by atoms with Gasteiger partial charge in [0, 0.05) is 38.3 Å². The first kappa shape index (κ1) is 14.6. The smallest absolute Gasteiger partial charge is 0.136 e. The fourth-order valence-corrected chi connectivity index (χ4v) is 2.28. The van der Waals surface area contributed by atoms with Crippen LogP contribution in [0.4, 0.5) is 5.82 Å². The average Bonchev–Trinajstić information content (AvgIpc) is 2.46. The number of hydrogen-bond donors (Lipinski definition) is 1. The Labute approximate surface area is 119 Å². The lowest BCUT2D eigenvalue weighted by Gasteiger charge is -2.23. The molecule has 0 saturated carbocycles. The first-order chi connectivity index (χ1) is 9.65. The average molecular weight is 275 g/mol. The highest BCUT2D eigenvalue weighted by atomic mass is 16.5. The van der Waals surface area contributed by atoms with E-state index in [0.29, 0.717) is 13.2 Å². The maximum absolute atomic E-state index is 6.00. The molecule has 2 rings (SSSR count). The van der Waals surface area contributed by atoms with Crippen LogP contribution in [0.25, 0.3) is 10.8 Å². The van der Waals surface area contributed by atoms with Crippen LogP contribution in [0, 0.1) is 0 Å². The van der Waals surface area contributed by atoms with Gasteiger partial charge in [-0.1, -0.05) is 0 Å². The van der Waals surface area contributed by atoms with Crippen LogP contribution in [0.3, 0.4) is 0 Å². The van der Waals surface area contributed by atoms with E-state index in [1.54, 1.807) is 20.4 Å². The van der Waals surface area contributed by atoms with Gasteiger partial charge in [0.2, 0.25) is 0 Å². The molecule has 0 aliphatic carbocycles. The molecule has 1 unspecified atom stereocenters. The third-order valence-corrected chi connectivity index (χ3v) is 3.20. The maximum atomic E-state index is 6.00. The molecular formula is C15H21N3O2. The van der Waals surface area contributed by atoms with Crippen molar-refractivity contribution in [1.82, 2.24) is 4.98 Å². The van der Waals surface area contributed by atoms with Gasteiger partial charge in [-0.05, 0) is 29.7 Å². The van der Waals surface area contributed by atoms with Crippen LogP contribution in [0.2, 0.25) is 0 Å². The molecule has 1 aromatic heterocycles. The summed E-state index contributed by atoms with van der Waals surface area (Å²) >= 11 is 0. The van der Waals surface area contributed by atoms with Crippen LogP contribution in [0.15, 0.2) is 30.5 Å². The zero-order valence-corrected chi connectivity index (χ0v) is 12.2. The molecule has 0 aliphatic heterocycles. The van der Waals surface area contributed by atoms with E-state index in [-0.39, 0.29) is 6.04 Å². The number of benzene rings is 1. The Morgan fingerprint density at radius 2 is 2.10 bits per heavy atom. The van der Waals surface area contributed by atoms with E-state index in [2.05, 4.69) is 9.88 Å². The summed E-state index contributed by atoms with van der Waals surface area (Å²) in [4.78, 5) is 6.52. The summed E-state index contributed by atoms with van der Waals surface area (Å²) in [5.74, 6) is 1.75. The summed E-state index contributed by atoms with van der Waals surface area (Å²) in [6.07, 6.45) is 1.80. The number of aromatic nitrogens is 1. The second-order valence-corrected chi connectivity index (χ2v) is 4.82. The lowest BCUT2D eigenvalue weighted by Crippen LogP contribution is -2.38. The number of nitrogens with zero attached hydrogens (tertiary/aromatic N) is 2. The lowest BCUT2D eigenvalue weighted by molar-refractivity contribution is 0.181. The first-order valence-corrected chi connectivity index (χ1v) is 6.54. The van der Waals surface area contributed by atoms with Gasteiger partial charge in [-0.15, -0.1) is 0 Å². The van der Waals surface area contributed by atoms with E-state index in [4.69, 9.17) is 15.2 Å². The number of ether oxygens (including phenoxy) is 2. The third kappa shape index (κ3) is 3.18. The summed E-state index contributed by atoms with van der Waals surface area (Å²) in [5.41, 5.74) is 6.00. The van der Waals surface area contributed by atoms with E-state index in [1.165, 1.54) is 0 Å². The molecule has 1 atom stereocenters. The third-order valence-electron chi connectivity index (χ3n) is 3.20. The molecule has 0 aliphatic rings. The standard InChI is InChI=1S/C15H21N3O2/c1-18(9-12(16)10-19-2)15-14-5-4-13(20-3)8-11(14)6-7-17-15/h4-8,12H,9-10,16H2,1-3H3. The van der Waals surface area contributed by atoms with Gasteiger partial charge < -0.3 is 20.1 Å². The van der Waals surface area contributed by atoms with Crippen molar-refractivity contribution in [2.45, 2.75) is 6.04 Å². The molecule has 1 aromatic carbocycles. The highest BCUT2D eigenvalue weighted by Crippen LogP contribution is 2.27. The number of nitrogens with two attached hydrogens (primary N) is 1. The van der Waals surface area contributed by atoms with Crippen LogP contribution in [-0.4, -0.2) is 45.4 Å². The van der Waals surface area contributed by atoms with Crippen molar-refractivity contribution in [3.63, 3.8) is 0 Å². The second kappa shape index (κ2) is 6.54. The Hall–Kier alpha value is -1.85. The highest BCUT2D eigenvalue weighted by molar-refractivity contribution is 5.93. The van der Waals surface area contributed by atoms with Gasteiger partial charge in [-0.2, -0.15) is 0 Å². The zero-order chi connectivity index (χ0) is 14.5. The number of hydrogen-bond acceptors (Lipinski definition) is 5. The van der Waals surface area contributed by atoms with E-state index >= 15 is 0 Å².